The lowest BCUT2D eigenvalue weighted by Crippen LogP contribution is -2.43. The van der Waals surface area contributed by atoms with E-state index in [0.29, 0.717) is 5.92 Å². The largest absolute Gasteiger partial charge is 0.464 e. The summed E-state index contributed by atoms with van der Waals surface area (Å²) in [5.41, 5.74) is 0.0681. The molecule has 3 nitrogen and oxygen atoms in total. The van der Waals surface area contributed by atoms with Gasteiger partial charge in [0.25, 0.3) is 0 Å². The second-order valence-electron chi connectivity index (χ2n) is 6.91. The normalized spacial score (nSPS) is 35.5. The van der Waals surface area contributed by atoms with E-state index in [2.05, 4.69) is 30.9 Å². The molecular weight excluding hydrogens is 238 g/mol. The standard InChI is InChI=1S/C16H25NO2/c1-12-8-14(12)15-5-4-13(19-15)9-17-7-3-6-16(2,10-17)11-18/h4-5,12,14,18H,3,6-11H2,1-2H3. The highest BCUT2D eigenvalue weighted by Gasteiger charge is 2.37. The molecule has 2 aliphatic rings. The molecule has 0 radical (unpaired) electrons. The van der Waals surface area contributed by atoms with Gasteiger partial charge in [-0.3, -0.25) is 4.90 Å². The predicted octanol–water partition coefficient (Wildman–Crippen LogP) is 3.00. The van der Waals surface area contributed by atoms with Gasteiger partial charge in [-0.25, -0.2) is 0 Å². The summed E-state index contributed by atoms with van der Waals surface area (Å²) in [7, 11) is 0. The van der Waals surface area contributed by atoms with Gasteiger partial charge in [-0.05, 0) is 43.9 Å². The minimum Gasteiger partial charge on any atom is -0.464 e. The molecule has 3 heteroatoms. The van der Waals surface area contributed by atoms with Crippen molar-refractivity contribution in [2.24, 2.45) is 11.3 Å². The molecule has 2 heterocycles. The molecule has 1 N–H and O–H groups in total. The molecule has 0 bridgehead atoms. The monoisotopic (exact) mass is 263 g/mol. The summed E-state index contributed by atoms with van der Waals surface area (Å²) >= 11 is 0. The van der Waals surface area contributed by atoms with Gasteiger partial charge in [0.05, 0.1) is 6.54 Å². The lowest BCUT2D eigenvalue weighted by molar-refractivity contribution is 0.0397. The highest BCUT2D eigenvalue weighted by Crippen LogP contribution is 2.47. The van der Waals surface area contributed by atoms with E-state index < -0.39 is 0 Å². The minimum absolute atomic E-state index is 0.0681. The molecule has 1 saturated carbocycles. The first-order valence-electron chi connectivity index (χ1n) is 7.51. The van der Waals surface area contributed by atoms with Crippen LogP contribution in [0.1, 0.15) is 50.5 Å². The molecule has 1 aromatic rings. The molecule has 19 heavy (non-hydrogen) atoms. The van der Waals surface area contributed by atoms with Crippen LogP contribution in [0.25, 0.3) is 0 Å². The van der Waals surface area contributed by atoms with Gasteiger partial charge in [-0.15, -0.1) is 0 Å². The summed E-state index contributed by atoms with van der Waals surface area (Å²) in [5, 5.41) is 9.50. The van der Waals surface area contributed by atoms with Crippen molar-refractivity contribution < 1.29 is 9.52 Å². The molecule has 0 spiro atoms. The van der Waals surface area contributed by atoms with Crippen LogP contribution >= 0.6 is 0 Å². The van der Waals surface area contributed by atoms with Crippen molar-refractivity contribution in [2.75, 3.05) is 19.7 Å². The van der Waals surface area contributed by atoms with Crippen LogP contribution in [0, 0.1) is 11.3 Å². The van der Waals surface area contributed by atoms with Crippen LogP contribution in [-0.2, 0) is 6.54 Å². The zero-order valence-corrected chi connectivity index (χ0v) is 12.1. The number of rotatable bonds is 4. The molecule has 0 aromatic carbocycles. The van der Waals surface area contributed by atoms with E-state index >= 15 is 0 Å². The fourth-order valence-corrected chi connectivity index (χ4v) is 3.31. The van der Waals surface area contributed by atoms with E-state index in [0.717, 1.165) is 37.7 Å². The number of piperidine rings is 1. The molecule has 1 aromatic heterocycles. The second kappa shape index (κ2) is 4.95. The van der Waals surface area contributed by atoms with Gasteiger partial charge in [0.2, 0.25) is 0 Å². The van der Waals surface area contributed by atoms with E-state index in [1.54, 1.807) is 0 Å². The van der Waals surface area contributed by atoms with E-state index in [1.165, 1.54) is 18.6 Å². The third-order valence-corrected chi connectivity index (χ3v) is 4.78. The summed E-state index contributed by atoms with van der Waals surface area (Å²) in [6, 6.07) is 4.28. The molecule has 3 atom stereocenters. The molecule has 3 rings (SSSR count). The molecule has 1 aliphatic carbocycles. The highest BCUT2D eigenvalue weighted by atomic mass is 16.3. The van der Waals surface area contributed by atoms with Gasteiger partial charge < -0.3 is 9.52 Å². The maximum Gasteiger partial charge on any atom is 0.118 e. The molecular formula is C16H25NO2. The number of likely N-dealkylation sites (tertiary alicyclic amines) is 1. The van der Waals surface area contributed by atoms with Gasteiger partial charge in [0.15, 0.2) is 0 Å². The Morgan fingerprint density at radius 3 is 2.95 bits per heavy atom. The zero-order valence-electron chi connectivity index (χ0n) is 12.1. The Labute approximate surface area is 115 Å². The van der Waals surface area contributed by atoms with Crippen LogP contribution < -0.4 is 0 Å². The number of furan rings is 1. The molecule has 3 unspecified atom stereocenters. The Morgan fingerprint density at radius 2 is 2.26 bits per heavy atom. The van der Waals surface area contributed by atoms with Gasteiger partial charge >= 0.3 is 0 Å². The fraction of sp³-hybridized carbons (Fsp3) is 0.750. The molecule has 2 fully saturated rings. The average Bonchev–Trinajstić information content (AvgIpc) is 2.94. The van der Waals surface area contributed by atoms with Crippen molar-refractivity contribution in [3.8, 4) is 0 Å². The van der Waals surface area contributed by atoms with Crippen molar-refractivity contribution in [1.82, 2.24) is 4.90 Å². The number of aliphatic hydroxyl groups excluding tert-OH is 1. The summed E-state index contributed by atoms with van der Waals surface area (Å²) in [6.45, 7) is 7.72. The third-order valence-electron chi connectivity index (χ3n) is 4.78. The first-order valence-corrected chi connectivity index (χ1v) is 7.51. The van der Waals surface area contributed by atoms with Crippen LogP contribution in [0.2, 0.25) is 0 Å². The van der Waals surface area contributed by atoms with Gasteiger partial charge in [-0.2, -0.15) is 0 Å². The number of aliphatic hydroxyl groups is 1. The summed E-state index contributed by atoms with van der Waals surface area (Å²) in [6.07, 6.45) is 3.58. The Hall–Kier alpha value is -0.800. The lowest BCUT2D eigenvalue weighted by Gasteiger charge is -2.38. The van der Waals surface area contributed by atoms with Gasteiger partial charge in [0, 0.05) is 24.5 Å². The van der Waals surface area contributed by atoms with E-state index in [9.17, 15) is 5.11 Å². The molecule has 106 valence electrons. The Balaban J connectivity index is 1.60. The van der Waals surface area contributed by atoms with Crippen LogP contribution in [0.15, 0.2) is 16.5 Å². The molecule has 1 aliphatic heterocycles. The second-order valence-corrected chi connectivity index (χ2v) is 6.91. The highest BCUT2D eigenvalue weighted by molar-refractivity contribution is 5.17. The van der Waals surface area contributed by atoms with Crippen molar-refractivity contribution in [3.05, 3.63) is 23.7 Å². The minimum atomic E-state index is 0.0681. The fourth-order valence-electron chi connectivity index (χ4n) is 3.31. The topological polar surface area (TPSA) is 36.6 Å². The summed E-state index contributed by atoms with van der Waals surface area (Å²) in [4.78, 5) is 2.42. The van der Waals surface area contributed by atoms with Crippen LogP contribution in [-0.4, -0.2) is 29.7 Å². The Bertz CT molecular complexity index is 442. The maximum atomic E-state index is 9.50. The third kappa shape index (κ3) is 2.87. The first kappa shape index (κ1) is 13.2. The Kier molecular flexibility index (Phi) is 3.44. The quantitative estimate of drug-likeness (QED) is 0.907. The van der Waals surface area contributed by atoms with Crippen LogP contribution in [0.5, 0.6) is 0 Å². The van der Waals surface area contributed by atoms with Crippen molar-refractivity contribution in [1.29, 1.82) is 0 Å². The smallest absolute Gasteiger partial charge is 0.118 e. The first-order chi connectivity index (χ1) is 9.09. The van der Waals surface area contributed by atoms with E-state index in [-0.39, 0.29) is 12.0 Å². The Morgan fingerprint density at radius 1 is 1.47 bits per heavy atom. The van der Waals surface area contributed by atoms with Crippen LogP contribution in [0.3, 0.4) is 0 Å². The number of hydrogen-bond donors (Lipinski definition) is 1. The van der Waals surface area contributed by atoms with Gasteiger partial charge in [0.1, 0.15) is 11.5 Å². The van der Waals surface area contributed by atoms with Crippen molar-refractivity contribution >= 4 is 0 Å². The predicted molar refractivity (Wildman–Crippen MR) is 74.9 cm³/mol. The average molecular weight is 263 g/mol. The van der Waals surface area contributed by atoms with E-state index in [4.69, 9.17) is 4.42 Å². The number of hydrogen-bond acceptors (Lipinski definition) is 3. The summed E-state index contributed by atoms with van der Waals surface area (Å²) < 4.78 is 5.98. The maximum absolute atomic E-state index is 9.50. The molecule has 0 amide bonds. The van der Waals surface area contributed by atoms with E-state index in [1.807, 2.05) is 0 Å². The van der Waals surface area contributed by atoms with Crippen molar-refractivity contribution in [2.45, 2.75) is 45.6 Å². The lowest BCUT2D eigenvalue weighted by atomic mass is 9.83. The molecule has 1 saturated heterocycles. The SMILES string of the molecule is CC1CC1c1ccc(CN2CCCC(C)(CO)C2)o1. The van der Waals surface area contributed by atoms with Gasteiger partial charge in [-0.1, -0.05) is 13.8 Å². The number of nitrogens with zero attached hydrogens (tertiary/aromatic N) is 1. The van der Waals surface area contributed by atoms with Crippen molar-refractivity contribution in [3.63, 3.8) is 0 Å². The summed E-state index contributed by atoms with van der Waals surface area (Å²) in [5.74, 6) is 3.71. The van der Waals surface area contributed by atoms with Crippen LogP contribution in [0.4, 0.5) is 0 Å². The zero-order chi connectivity index (χ0) is 13.5.